The molecule has 0 radical (unpaired) electrons. The van der Waals surface area contributed by atoms with Gasteiger partial charge >= 0.3 is 0 Å². The van der Waals surface area contributed by atoms with Crippen LogP contribution in [0.2, 0.25) is 0 Å². The molecule has 4 heteroatoms. The van der Waals surface area contributed by atoms with Crippen LogP contribution in [0.15, 0.2) is 11.6 Å². The molecular weight excluding hydrogens is 218 g/mol. The zero-order chi connectivity index (χ0) is 11.4. The van der Waals surface area contributed by atoms with Crippen LogP contribution in [0.4, 0.5) is 0 Å². The van der Waals surface area contributed by atoms with Gasteiger partial charge in [-0.15, -0.1) is 11.3 Å². The second-order valence-corrected chi connectivity index (χ2v) is 6.10. The summed E-state index contributed by atoms with van der Waals surface area (Å²) in [6.45, 7) is 9.20. The van der Waals surface area contributed by atoms with Crippen molar-refractivity contribution in [3.8, 4) is 0 Å². The molecule has 1 aliphatic heterocycles. The molecule has 1 N–H and O–H groups in total. The highest BCUT2D eigenvalue weighted by molar-refractivity contribution is 7.09. The van der Waals surface area contributed by atoms with Crippen LogP contribution in [0.3, 0.4) is 0 Å². The van der Waals surface area contributed by atoms with Gasteiger partial charge in [0, 0.05) is 36.6 Å². The van der Waals surface area contributed by atoms with Gasteiger partial charge in [0.2, 0.25) is 0 Å². The Bertz CT molecular complexity index is 308. The van der Waals surface area contributed by atoms with E-state index in [0.717, 1.165) is 26.1 Å². The van der Waals surface area contributed by atoms with Crippen molar-refractivity contribution >= 4 is 11.3 Å². The molecule has 0 amide bonds. The average Bonchev–Trinajstić information content (AvgIpc) is 2.67. The normalized spacial score (nSPS) is 21.9. The summed E-state index contributed by atoms with van der Waals surface area (Å²) in [5.41, 5.74) is 0.249. The van der Waals surface area contributed by atoms with E-state index in [1.807, 2.05) is 6.20 Å². The Morgan fingerprint density at radius 3 is 3.19 bits per heavy atom. The molecule has 1 saturated heterocycles. The molecule has 0 bridgehead atoms. The molecular formula is C12H21N3S. The first-order valence-corrected chi connectivity index (χ1v) is 6.89. The number of thiazole rings is 1. The van der Waals surface area contributed by atoms with E-state index in [9.17, 15) is 0 Å². The molecule has 1 aromatic rings. The number of rotatable bonds is 3. The van der Waals surface area contributed by atoms with Gasteiger partial charge in [-0.3, -0.25) is 0 Å². The smallest absolute Gasteiger partial charge is 0.0937 e. The maximum Gasteiger partial charge on any atom is 0.0937 e. The van der Waals surface area contributed by atoms with Crippen molar-refractivity contribution in [2.24, 2.45) is 0 Å². The maximum atomic E-state index is 4.34. The quantitative estimate of drug-likeness (QED) is 0.871. The van der Waals surface area contributed by atoms with Crippen LogP contribution < -0.4 is 5.32 Å². The van der Waals surface area contributed by atoms with E-state index in [1.54, 1.807) is 11.3 Å². The lowest BCUT2D eigenvalue weighted by Crippen LogP contribution is -2.46. The molecule has 3 nitrogen and oxygen atoms in total. The lowest BCUT2D eigenvalue weighted by Gasteiger charge is -2.29. The van der Waals surface area contributed by atoms with E-state index < -0.39 is 0 Å². The lowest BCUT2D eigenvalue weighted by atomic mass is 10.1. The van der Waals surface area contributed by atoms with Gasteiger partial charge in [0.05, 0.1) is 5.01 Å². The topological polar surface area (TPSA) is 28.2 Å². The predicted molar refractivity (Wildman–Crippen MR) is 69.0 cm³/mol. The Kier molecular flexibility index (Phi) is 3.95. The van der Waals surface area contributed by atoms with E-state index >= 15 is 0 Å². The third kappa shape index (κ3) is 3.54. The summed E-state index contributed by atoms with van der Waals surface area (Å²) in [6, 6.07) is 0. The molecule has 0 aliphatic carbocycles. The summed E-state index contributed by atoms with van der Waals surface area (Å²) in [5, 5.41) is 6.91. The van der Waals surface area contributed by atoms with Crippen molar-refractivity contribution in [2.75, 3.05) is 26.2 Å². The van der Waals surface area contributed by atoms with Crippen LogP contribution in [0.5, 0.6) is 0 Å². The second-order valence-electron chi connectivity index (χ2n) is 5.12. The van der Waals surface area contributed by atoms with E-state index in [-0.39, 0.29) is 5.54 Å². The third-order valence-corrected chi connectivity index (χ3v) is 3.84. The Hall–Kier alpha value is -0.450. The summed E-state index contributed by atoms with van der Waals surface area (Å²) in [5.74, 6) is 0. The van der Waals surface area contributed by atoms with Gasteiger partial charge in [0.1, 0.15) is 0 Å². The number of aromatic nitrogens is 1. The number of hydrogen-bond acceptors (Lipinski definition) is 4. The zero-order valence-corrected chi connectivity index (χ0v) is 11.0. The lowest BCUT2D eigenvalue weighted by molar-refractivity contribution is 0.233. The van der Waals surface area contributed by atoms with Crippen molar-refractivity contribution < 1.29 is 0 Å². The highest BCUT2D eigenvalue weighted by Crippen LogP contribution is 2.12. The van der Waals surface area contributed by atoms with Gasteiger partial charge in [0.25, 0.3) is 0 Å². The van der Waals surface area contributed by atoms with Gasteiger partial charge in [-0.05, 0) is 33.4 Å². The molecule has 0 saturated carbocycles. The number of nitrogens with zero attached hydrogens (tertiary/aromatic N) is 2. The molecule has 16 heavy (non-hydrogen) atoms. The Labute approximate surface area is 102 Å². The van der Waals surface area contributed by atoms with E-state index in [2.05, 4.69) is 34.4 Å². The molecule has 1 fully saturated rings. The third-order valence-electron chi connectivity index (χ3n) is 3.00. The molecule has 0 spiro atoms. The van der Waals surface area contributed by atoms with Crippen molar-refractivity contribution in [1.82, 2.24) is 15.2 Å². The zero-order valence-electron chi connectivity index (χ0n) is 10.2. The van der Waals surface area contributed by atoms with E-state index in [1.165, 1.54) is 18.0 Å². The fourth-order valence-electron chi connectivity index (χ4n) is 2.24. The minimum Gasteiger partial charge on any atom is -0.310 e. The molecule has 2 rings (SSSR count). The summed E-state index contributed by atoms with van der Waals surface area (Å²) in [6.07, 6.45) is 4.24. The van der Waals surface area contributed by atoms with Crippen molar-refractivity contribution in [3.05, 3.63) is 16.6 Å². The summed E-state index contributed by atoms with van der Waals surface area (Å²) >= 11 is 1.76. The SMILES string of the molecule is CC1(C)CN(CCc2nccs2)CCCN1. The van der Waals surface area contributed by atoms with E-state index in [0.29, 0.717) is 0 Å². The summed E-state index contributed by atoms with van der Waals surface area (Å²) in [4.78, 5) is 6.89. The predicted octanol–water partition coefficient (Wildman–Crippen LogP) is 1.76. The van der Waals surface area contributed by atoms with Gasteiger partial charge < -0.3 is 10.2 Å². The minimum atomic E-state index is 0.249. The Balaban J connectivity index is 1.84. The van der Waals surface area contributed by atoms with Crippen LogP contribution in [0.25, 0.3) is 0 Å². The van der Waals surface area contributed by atoms with Crippen molar-refractivity contribution in [1.29, 1.82) is 0 Å². The fraction of sp³-hybridized carbons (Fsp3) is 0.750. The molecule has 0 aromatic carbocycles. The maximum absolute atomic E-state index is 4.34. The first kappa shape index (κ1) is 12.0. The standard InChI is InChI=1S/C12H21N3S/c1-12(2)10-15(7-3-5-14-12)8-4-11-13-6-9-16-11/h6,9,14H,3-5,7-8,10H2,1-2H3. The molecule has 90 valence electrons. The molecule has 1 aliphatic rings. The molecule has 1 aromatic heterocycles. The minimum absolute atomic E-state index is 0.249. The first-order chi connectivity index (χ1) is 7.66. The molecule has 0 unspecified atom stereocenters. The van der Waals surface area contributed by atoms with Crippen LogP contribution in [0, 0.1) is 0 Å². The van der Waals surface area contributed by atoms with Crippen LogP contribution in [-0.2, 0) is 6.42 Å². The summed E-state index contributed by atoms with van der Waals surface area (Å²) < 4.78 is 0. The molecule has 0 atom stereocenters. The van der Waals surface area contributed by atoms with E-state index in [4.69, 9.17) is 0 Å². The van der Waals surface area contributed by atoms with Crippen molar-refractivity contribution in [3.63, 3.8) is 0 Å². The highest BCUT2D eigenvalue weighted by Gasteiger charge is 2.23. The van der Waals surface area contributed by atoms with Gasteiger partial charge in [-0.1, -0.05) is 0 Å². The largest absolute Gasteiger partial charge is 0.310 e. The van der Waals surface area contributed by atoms with Crippen LogP contribution in [-0.4, -0.2) is 41.6 Å². The van der Waals surface area contributed by atoms with Crippen molar-refractivity contribution in [2.45, 2.75) is 32.2 Å². The molecule has 2 heterocycles. The average molecular weight is 239 g/mol. The monoisotopic (exact) mass is 239 g/mol. The number of nitrogens with one attached hydrogen (secondary N) is 1. The second kappa shape index (κ2) is 5.25. The Morgan fingerprint density at radius 2 is 2.44 bits per heavy atom. The first-order valence-electron chi connectivity index (χ1n) is 6.01. The van der Waals surface area contributed by atoms with Gasteiger partial charge in [-0.2, -0.15) is 0 Å². The fourth-order valence-corrected chi connectivity index (χ4v) is 2.85. The highest BCUT2D eigenvalue weighted by atomic mass is 32.1. The Morgan fingerprint density at radius 1 is 1.56 bits per heavy atom. The van der Waals surface area contributed by atoms with Crippen LogP contribution in [0.1, 0.15) is 25.3 Å². The van der Waals surface area contributed by atoms with Gasteiger partial charge in [-0.25, -0.2) is 4.98 Å². The van der Waals surface area contributed by atoms with Gasteiger partial charge in [0.15, 0.2) is 0 Å². The summed E-state index contributed by atoms with van der Waals surface area (Å²) in [7, 11) is 0. The van der Waals surface area contributed by atoms with Crippen LogP contribution >= 0.6 is 11.3 Å². The number of hydrogen-bond donors (Lipinski definition) is 1.